The van der Waals surface area contributed by atoms with Gasteiger partial charge in [-0.2, -0.15) is 0 Å². The third-order valence-corrected chi connectivity index (χ3v) is 6.45. The van der Waals surface area contributed by atoms with Crippen LogP contribution < -0.4 is 10.1 Å². The van der Waals surface area contributed by atoms with Crippen molar-refractivity contribution in [3.8, 4) is 5.88 Å². The SMILES string of the molecule is COC(=O)c1c(NC(=O)COc2nn(C)c3nc(C)cc(C)c23)sc2c1CCCC2. The molecule has 1 aliphatic rings. The lowest BCUT2D eigenvalue weighted by Gasteiger charge is -2.11. The van der Waals surface area contributed by atoms with Gasteiger partial charge in [0, 0.05) is 17.6 Å². The molecular weight excluding hydrogens is 404 g/mol. The lowest BCUT2D eigenvalue weighted by atomic mass is 9.95. The van der Waals surface area contributed by atoms with Crippen molar-refractivity contribution in [2.75, 3.05) is 19.0 Å². The van der Waals surface area contributed by atoms with Crippen LogP contribution in [0.15, 0.2) is 6.07 Å². The molecule has 0 fully saturated rings. The smallest absolute Gasteiger partial charge is 0.341 e. The number of pyridine rings is 1. The molecule has 1 N–H and O–H groups in total. The number of rotatable bonds is 5. The van der Waals surface area contributed by atoms with Gasteiger partial charge in [0.1, 0.15) is 5.00 Å². The molecule has 3 aromatic heterocycles. The quantitative estimate of drug-likeness (QED) is 0.627. The van der Waals surface area contributed by atoms with E-state index in [1.54, 1.807) is 11.7 Å². The van der Waals surface area contributed by atoms with Crippen molar-refractivity contribution in [3.63, 3.8) is 0 Å². The van der Waals surface area contributed by atoms with Crippen molar-refractivity contribution in [2.45, 2.75) is 39.5 Å². The topological polar surface area (TPSA) is 95.3 Å². The number of carbonyl (C=O) groups excluding carboxylic acids is 2. The molecule has 1 amide bonds. The summed E-state index contributed by atoms with van der Waals surface area (Å²) in [7, 11) is 3.15. The van der Waals surface area contributed by atoms with Crippen LogP contribution in [0.4, 0.5) is 5.00 Å². The molecule has 3 heterocycles. The first-order valence-corrected chi connectivity index (χ1v) is 10.7. The largest absolute Gasteiger partial charge is 0.466 e. The average molecular weight is 429 g/mol. The normalized spacial score (nSPS) is 13.2. The first-order chi connectivity index (χ1) is 14.4. The second-order valence-corrected chi connectivity index (χ2v) is 8.56. The molecule has 30 heavy (non-hydrogen) atoms. The molecule has 3 aromatic rings. The number of carbonyl (C=O) groups is 2. The number of fused-ring (bicyclic) bond motifs is 2. The summed E-state index contributed by atoms with van der Waals surface area (Å²) in [6, 6.07) is 1.95. The van der Waals surface area contributed by atoms with Gasteiger partial charge in [-0.05, 0) is 56.7 Å². The van der Waals surface area contributed by atoms with Crippen LogP contribution in [0.2, 0.25) is 0 Å². The second-order valence-electron chi connectivity index (χ2n) is 7.45. The maximum absolute atomic E-state index is 12.6. The number of hydrogen-bond donors (Lipinski definition) is 1. The van der Waals surface area contributed by atoms with Gasteiger partial charge in [-0.1, -0.05) is 0 Å². The maximum Gasteiger partial charge on any atom is 0.341 e. The Balaban J connectivity index is 1.53. The Morgan fingerprint density at radius 2 is 2.03 bits per heavy atom. The summed E-state index contributed by atoms with van der Waals surface area (Å²) in [6.45, 7) is 3.67. The number of methoxy groups -OCH3 is 1. The highest BCUT2D eigenvalue weighted by molar-refractivity contribution is 7.17. The van der Waals surface area contributed by atoms with Crippen LogP contribution in [0.5, 0.6) is 5.88 Å². The third kappa shape index (κ3) is 3.65. The minimum Gasteiger partial charge on any atom is -0.466 e. The molecule has 0 spiro atoms. The molecule has 0 aromatic carbocycles. The van der Waals surface area contributed by atoms with Gasteiger partial charge in [-0.3, -0.25) is 4.79 Å². The number of anilines is 1. The summed E-state index contributed by atoms with van der Waals surface area (Å²) >= 11 is 1.45. The van der Waals surface area contributed by atoms with Gasteiger partial charge in [0.25, 0.3) is 5.91 Å². The zero-order chi connectivity index (χ0) is 21.4. The Kier molecular flexibility index (Phi) is 5.46. The molecule has 0 aliphatic heterocycles. The van der Waals surface area contributed by atoms with E-state index < -0.39 is 5.97 Å². The predicted molar refractivity (Wildman–Crippen MR) is 114 cm³/mol. The van der Waals surface area contributed by atoms with Crippen LogP contribution in [0.1, 0.15) is 44.9 Å². The Labute approximate surface area is 178 Å². The molecule has 0 unspecified atom stereocenters. The second kappa shape index (κ2) is 8.06. The highest BCUT2D eigenvalue weighted by Gasteiger charge is 2.27. The van der Waals surface area contributed by atoms with Crippen molar-refractivity contribution >= 4 is 39.2 Å². The molecule has 1 aliphatic carbocycles. The number of nitrogens with one attached hydrogen (secondary N) is 1. The zero-order valence-corrected chi connectivity index (χ0v) is 18.3. The van der Waals surface area contributed by atoms with E-state index >= 15 is 0 Å². The van der Waals surface area contributed by atoms with Crippen molar-refractivity contribution in [2.24, 2.45) is 7.05 Å². The summed E-state index contributed by atoms with van der Waals surface area (Å²) in [6.07, 6.45) is 3.87. The molecule has 0 saturated carbocycles. The number of hydrogen-bond acceptors (Lipinski definition) is 7. The molecule has 0 bridgehead atoms. The van der Waals surface area contributed by atoms with Gasteiger partial charge < -0.3 is 14.8 Å². The Hall–Kier alpha value is -2.94. The molecule has 158 valence electrons. The Morgan fingerprint density at radius 1 is 1.27 bits per heavy atom. The first-order valence-electron chi connectivity index (χ1n) is 9.85. The molecule has 0 atom stereocenters. The summed E-state index contributed by atoms with van der Waals surface area (Å²) in [4.78, 5) is 30.6. The van der Waals surface area contributed by atoms with E-state index in [4.69, 9.17) is 9.47 Å². The van der Waals surface area contributed by atoms with E-state index in [0.29, 0.717) is 22.1 Å². The van der Waals surface area contributed by atoms with E-state index in [2.05, 4.69) is 15.4 Å². The number of aryl methyl sites for hydroxylation is 4. The van der Waals surface area contributed by atoms with E-state index in [0.717, 1.165) is 52.8 Å². The van der Waals surface area contributed by atoms with Gasteiger partial charge in [-0.15, -0.1) is 16.4 Å². The minimum absolute atomic E-state index is 0.220. The number of ether oxygens (including phenoxy) is 2. The van der Waals surface area contributed by atoms with E-state index in [1.807, 2.05) is 19.9 Å². The van der Waals surface area contributed by atoms with Gasteiger partial charge in [0.2, 0.25) is 5.88 Å². The van der Waals surface area contributed by atoms with Crippen molar-refractivity contribution in [3.05, 3.63) is 33.3 Å². The molecular formula is C21H24N4O4S. The Morgan fingerprint density at radius 3 is 2.80 bits per heavy atom. The lowest BCUT2D eigenvalue weighted by molar-refractivity contribution is -0.118. The number of thiophene rings is 1. The summed E-state index contributed by atoms with van der Waals surface area (Å²) in [5, 5.41) is 8.52. The van der Waals surface area contributed by atoms with Gasteiger partial charge >= 0.3 is 5.97 Å². The van der Waals surface area contributed by atoms with E-state index in [1.165, 1.54) is 18.4 Å². The summed E-state index contributed by atoms with van der Waals surface area (Å²) < 4.78 is 12.3. The van der Waals surface area contributed by atoms with E-state index in [9.17, 15) is 9.59 Å². The maximum atomic E-state index is 12.6. The van der Waals surface area contributed by atoms with Crippen LogP contribution in [0.3, 0.4) is 0 Å². The highest BCUT2D eigenvalue weighted by Crippen LogP contribution is 2.38. The summed E-state index contributed by atoms with van der Waals surface area (Å²) in [5.41, 5.74) is 4.07. The number of aromatic nitrogens is 3. The fraction of sp³-hybridized carbons (Fsp3) is 0.429. The molecule has 9 heteroatoms. The standard InChI is InChI=1S/C21H24N4O4S/c1-11-9-12(2)22-18-16(11)19(24-25(18)3)29-10-15(26)23-20-17(21(27)28-4)13-7-5-6-8-14(13)30-20/h9H,5-8,10H2,1-4H3,(H,23,26). The fourth-order valence-corrected chi connectivity index (χ4v) is 5.21. The first kappa shape index (κ1) is 20.3. The number of amides is 1. The zero-order valence-electron chi connectivity index (χ0n) is 17.5. The van der Waals surface area contributed by atoms with Crippen molar-refractivity contribution in [1.29, 1.82) is 0 Å². The van der Waals surface area contributed by atoms with Crippen molar-refractivity contribution < 1.29 is 19.1 Å². The number of nitrogens with zero attached hydrogens (tertiary/aromatic N) is 3. The average Bonchev–Trinajstić information content (AvgIpc) is 3.23. The van der Waals surface area contributed by atoms with Crippen LogP contribution in [-0.4, -0.2) is 40.4 Å². The number of esters is 1. The Bertz CT molecular complexity index is 1150. The molecule has 0 saturated heterocycles. The van der Waals surface area contributed by atoms with E-state index in [-0.39, 0.29) is 12.5 Å². The molecule has 8 nitrogen and oxygen atoms in total. The van der Waals surface area contributed by atoms with Crippen LogP contribution in [0, 0.1) is 13.8 Å². The van der Waals surface area contributed by atoms with Crippen LogP contribution in [0.25, 0.3) is 11.0 Å². The summed E-state index contributed by atoms with van der Waals surface area (Å²) in [5.74, 6) is -0.403. The van der Waals surface area contributed by atoms with Gasteiger partial charge in [0.05, 0.1) is 18.1 Å². The monoisotopic (exact) mass is 428 g/mol. The molecule has 0 radical (unpaired) electrons. The predicted octanol–water partition coefficient (Wildman–Crippen LogP) is 3.33. The van der Waals surface area contributed by atoms with Crippen LogP contribution >= 0.6 is 11.3 Å². The minimum atomic E-state index is -0.418. The lowest BCUT2D eigenvalue weighted by Crippen LogP contribution is -2.21. The molecule has 4 rings (SSSR count). The third-order valence-electron chi connectivity index (χ3n) is 5.24. The van der Waals surface area contributed by atoms with Crippen molar-refractivity contribution in [1.82, 2.24) is 14.8 Å². The fourth-order valence-electron chi connectivity index (χ4n) is 3.92. The highest BCUT2D eigenvalue weighted by atomic mass is 32.1. The van der Waals surface area contributed by atoms with Gasteiger partial charge in [-0.25, -0.2) is 14.5 Å². The van der Waals surface area contributed by atoms with Crippen LogP contribution in [-0.2, 0) is 29.4 Å². The van der Waals surface area contributed by atoms with Gasteiger partial charge in [0.15, 0.2) is 12.3 Å².